The smallest absolute Gasteiger partial charge is 0.343 e. The lowest BCUT2D eigenvalue weighted by atomic mass is 10.1. The number of aryl methyl sites for hydroxylation is 1. The Morgan fingerprint density at radius 3 is 2.43 bits per heavy atom. The number of carbonyl (C=O) groups excluding carboxylic acids is 2. The lowest BCUT2D eigenvalue weighted by Gasteiger charge is -2.12. The van der Waals surface area contributed by atoms with Crippen LogP contribution in [0, 0.1) is 6.92 Å². The first-order chi connectivity index (χ1) is 14.5. The van der Waals surface area contributed by atoms with Crippen LogP contribution in [-0.2, 0) is 0 Å². The van der Waals surface area contributed by atoms with Gasteiger partial charge in [0.15, 0.2) is 11.5 Å². The molecule has 152 valence electrons. The number of nitrogens with one attached hydrogen (secondary N) is 1. The van der Waals surface area contributed by atoms with Gasteiger partial charge in [-0.3, -0.25) is 9.78 Å². The maximum absolute atomic E-state index is 12.4. The minimum atomic E-state index is -0.500. The first-order valence-corrected chi connectivity index (χ1v) is 9.67. The number of esters is 1. The zero-order valence-electron chi connectivity index (χ0n) is 16.3. The van der Waals surface area contributed by atoms with Crippen LogP contribution in [0.1, 0.15) is 31.8 Å². The highest BCUT2D eigenvalue weighted by atomic mass is 79.9. The molecule has 0 atom stereocenters. The predicted octanol–water partition coefficient (Wildman–Crippen LogP) is 4.14. The standard InChI is InChI=1S/C22H18BrN3O4/c1-14-3-5-17(6-4-14)22(28)30-20-18(23)11-15(12-19(20)29-2)13-25-26-21(27)16-7-9-24-10-8-16/h3-13H,1-2H3,(H,26,27). The van der Waals surface area contributed by atoms with Gasteiger partial charge in [-0.2, -0.15) is 5.10 Å². The van der Waals surface area contributed by atoms with Gasteiger partial charge in [-0.15, -0.1) is 0 Å². The molecule has 3 rings (SSSR count). The third kappa shape index (κ3) is 5.30. The summed E-state index contributed by atoms with van der Waals surface area (Å²) in [4.78, 5) is 28.3. The summed E-state index contributed by atoms with van der Waals surface area (Å²) in [5, 5.41) is 3.95. The van der Waals surface area contributed by atoms with Crippen molar-refractivity contribution >= 4 is 34.0 Å². The van der Waals surface area contributed by atoms with Gasteiger partial charge in [0.2, 0.25) is 0 Å². The van der Waals surface area contributed by atoms with E-state index >= 15 is 0 Å². The Balaban J connectivity index is 1.74. The van der Waals surface area contributed by atoms with Crippen molar-refractivity contribution in [2.75, 3.05) is 7.11 Å². The van der Waals surface area contributed by atoms with E-state index in [4.69, 9.17) is 9.47 Å². The molecule has 0 fully saturated rings. The van der Waals surface area contributed by atoms with Crippen molar-refractivity contribution in [3.05, 3.63) is 87.7 Å². The molecule has 1 aromatic heterocycles. The first kappa shape index (κ1) is 21.2. The lowest BCUT2D eigenvalue weighted by molar-refractivity contribution is 0.0728. The number of ether oxygens (including phenoxy) is 2. The molecule has 30 heavy (non-hydrogen) atoms. The SMILES string of the molecule is COc1cc(C=NNC(=O)c2ccncc2)cc(Br)c1OC(=O)c1ccc(C)cc1. The molecule has 1 heterocycles. The van der Waals surface area contributed by atoms with Crippen molar-refractivity contribution in [1.29, 1.82) is 0 Å². The molecule has 0 aliphatic heterocycles. The lowest BCUT2D eigenvalue weighted by Crippen LogP contribution is -2.17. The Morgan fingerprint density at radius 2 is 1.77 bits per heavy atom. The number of rotatable bonds is 6. The van der Waals surface area contributed by atoms with E-state index in [1.165, 1.54) is 25.7 Å². The molecule has 8 heteroatoms. The number of nitrogens with zero attached hydrogens (tertiary/aromatic N) is 2. The fourth-order valence-corrected chi connectivity index (χ4v) is 3.03. The van der Waals surface area contributed by atoms with Gasteiger partial charge in [-0.1, -0.05) is 17.7 Å². The number of hydrazone groups is 1. The molecule has 0 aliphatic rings. The van der Waals surface area contributed by atoms with Crippen LogP contribution in [0.3, 0.4) is 0 Å². The van der Waals surface area contributed by atoms with Crippen molar-refractivity contribution < 1.29 is 19.1 Å². The van der Waals surface area contributed by atoms with Crippen molar-refractivity contribution in [2.24, 2.45) is 5.10 Å². The number of benzene rings is 2. The normalized spacial score (nSPS) is 10.6. The van der Waals surface area contributed by atoms with Crippen LogP contribution < -0.4 is 14.9 Å². The molecule has 1 N–H and O–H groups in total. The Bertz CT molecular complexity index is 1080. The number of carbonyl (C=O) groups is 2. The average molecular weight is 468 g/mol. The third-order valence-electron chi connectivity index (χ3n) is 4.06. The van der Waals surface area contributed by atoms with E-state index in [2.05, 4.69) is 31.4 Å². The molecule has 0 saturated carbocycles. The van der Waals surface area contributed by atoms with E-state index < -0.39 is 5.97 Å². The highest BCUT2D eigenvalue weighted by Gasteiger charge is 2.16. The number of aromatic nitrogens is 1. The molecule has 0 aliphatic carbocycles. The minimum absolute atomic E-state index is 0.251. The predicted molar refractivity (Wildman–Crippen MR) is 116 cm³/mol. The second kappa shape index (κ2) is 9.80. The summed E-state index contributed by atoms with van der Waals surface area (Å²) >= 11 is 3.40. The summed E-state index contributed by atoms with van der Waals surface area (Å²) in [5.41, 5.74) is 4.99. The molecule has 0 unspecified atom stereocenters. The van der Waals surface area contributed by atoms with Gasteiger partial charge >= 0.3 is 5.97 Å². The number of methoxy groups -OCH3 is 1. The molecular weight excluding hydrogens is 450 g/mol. The van der Waals surface area contributed by atoms with Gasteiger partial charge in [-0.25, -0.2) is 10.2 Å². The van der Waals surface area contributed by atoms with Gasteiger partial charge < -0.3 is 9.47 Å². The van der Waals surface area contributed by atoms with Gasteiger partial charge in [0.1, 0.15) is 0 Å². The second-order valence-electron chi connectivity index (χ2n) is 6.22. The number of amides is 1. The number of pyridine rings is 1. The Morgan fingerprint density at radius 1 is 1.07 bits per heavy atom. The van der Waals surface area contributed by atoms with Crippen LogP contribution in [0.4, 0.5) is 0 Å². The molecule has 0 spiro atoms. The minimum Gasteiger partial charge on any atom is -0.493 e. The summed E-state index contributed by atoms with van der Waals surface area (Å²) in [6.45, 7) is 1.94. The van der Waals surface area contributed by atoms with Gasteiger partial charge in [0, 0.05) is 18.0 Å². The highest BCUT2D eigenvalue weighted by Crippen LogP contribution is 2.36. The van der Waals surface area contributed by atoms with E-state index in [1.807, 2.05) is 19.1 Å². The van der Waals surface area contributed by atoms with Crippen LogP contribution >= 0.6 is 15.9 Å². The zero-order valence-corrected chi connectivity index (χ0v) is 17.8. The van der Waals surface area contributed by atoms with Gasteiger partial charge in [0.25, 0.3) is 5.91 Å². The highest BCUT2D eigenvalue weighted by molar-refractivity contribution is 9.10. The monoisotopic (exact) mass is 467 g/mol. The average Bonchev–Trinajstić information content (AvgIpc) is 2.76. The molecule has 3 aromatic rings. The maximum atomic E-state index is 12.4. The van der Waals surface area contributed by atoms with E-state index in [0.717, 1.165) is 5.56 Å². The van der Waals surface area contributed by atoms with Gasteiger partial charge in [0.05, 0.1) is 23.4 Å². The van der Waals surface area contributed by atoms with Crippen molar-refractivity contribution in [3.63, 3.8) is 0 Å². The van der Waals surface area contributed by atoms with Crippen molar-refractivity contribution in [2.45, 2.75) is 6.92 Å². The first-order valence-electron chi connectivity index (χ1n) is 8.87. The number of hydrogen-bond donors (Lipinski definition) is 1. The summed E-state index contributed by atoms with van der Waals surface area (Å²) < 4.78 is 11.4. The Hall–Kier alpha value is -3.52. The van der Waals surface area contributed by atoms with Crippen LogP contribution in [0.5, 0.6) is 11.5 Å². The molecule has 7 nitrogen and oxygen atoms in total. The van der Waals surface area contributed by atoms with E-state index in [-0.39, 0.29) is 11.7 Å². The van der Waals surface area contributed by atoms with Crippen LogP contribution in [0.15, 0.2) is 70.5 Å². The van der Waals surface area contributed by atoms with Crippen molar-refractivity contribution in [1.82, 2.24) is 10.4 Å². The van der Waals surface area contributed by atoms with Crippen LogP contribution in [0.2, 0.25) is 0 Å². The fourth-order valence-electron chi connectivity index (χ4n) is 2.49. The number of halogens is 1. The third-order valence-corrected chi connectivity index (χ3v) is 4.65. The zero-order chi connectivity index (χ0) is 21.5. The summed E-state index contributed by atoms with van der Waals surface area (Å²) in [7, 11) is 1.47. The summed E-state index contributed by atoms with van der Waals surface area (Å²) in [6.07, 6.45) is 4.51. The fraction of sp³-hybridized carbons (Fsp3) is 0.0909. The summed E-state index contributed by atoms with van der Waals surface area (Å²) in [6, 6.07) is 13.6. The molecular formula is C22H18BrN3O4. The van der Waals surface area contributed by atoms with Gasteiger partial charge in [-0.05, 0) is 64.8 Å². The summed E-state index contributed by atoms with van der Waals surface area (Å²) in [5.74, 6) is -0.267. The van der Waals surface area contributed by atoms with Crippen LogP contribution in [-0.4, -0.2) is 30.2 Å². The van der Waals surface area contributed by atoms with E-state index in [9.17, 15) is 9.59 Å². The van der Waals surface area contributed by atoms with E-state index in [1.54, 1.807) is 36.4 Å². The molecule has 0 saturated heterocycles. The quantitative estimate of drug-likeness (QED) is 0.254. The topological polar surface area (TPSA) is 89.9 Å². The maximum Gasteiger partial charge on any atom is 0.343 e. The molecule has 0 bridgehead atoms. The number of hydrogen-bond acceptors (Lipinski definition) is 6. The second-order valence-corrected chi connectivity index (χ2v) is 7.08. The Kier molecular flexibility index (Phi) is 6.92. The molecule has 0 radical (unpaired) electrons. The van der Waals surface area contributed by atoms with E-state index in [0.29, 0.717) is 26.9 Å². The molecule has 1 amide bonds. The largest absolute Gasteiger partial charge is 0.493 e. The molecule has 2 aromatic carbocycles. The Labute approximate surface area is 181 Å². The van der Waals surface area contributed by atoms with Crippen LogP contribution in [0.25, 0.3) is 0 Å². The van der Waals surface area contributed by atoms with Crippen molar-refractivity contribution in [3.8, 4) is 11.5 Å².